The number of likely N-dealkylation sites (N-methyl/N-ethyl adjacent to an activating group) is 2. The predicted octanol–water partition coefficient (Wildman–Crippen LogP) is 4.49. The molecule has 1 fully saturated rings. The van der Waals surface area contributed by atoms with Crippen molar-refractivity contribution in [3.05, 3.63) is 64.3 Å². The van der Waals surface area contributed by atoms with Crippen LogP contribution in [-0.4, -0.2) is 82.0 Å². The third-order valence-electron chi connectivity index (χ3n) is 9.28. The van der Waals surface area contributed by atoms with Gasteiger partial charge in [-0.15, -0.1) is 0 Å². The lowest BCUT2D eigenvalue weighted by atomic mass is 9.81. The minimum atomic E-state index is -4.09. The van der Waals surface area contributed by atoms with E-state index in [-0.39, 0.29) is 13.2 Å². The lowest BCUT2D eigenvalue weighted by Gasteiger charge is -2.26. The smallest absolute Gasteiger partial charge is 0.303 e. The highest BCUT2D eigenvalue weighted by Gasteiger charge is 2.29. The lowest BCUT2D eigenvalue weighted by molar-refractivity contribution is -0.117. The molecule has 0 spiro atoms. The summed E-state index contributed by atoms with van der Waals surface area (Å²) in [6.07, 6.45) is 8.44. The summed E-state index contributed by atoms with van der Waals surface area (Å²) in [6, 6.07) is 12.0. The molecule has 1 aliphatic carbocycles. The lowest BCUT2D eigenvalue weighted by Crippen LogP contribution is -2.42. The molecule has 1 atom stereocenters. The molecule has 1 aliphatic heterocycles. The Bertz CT molecular complexity index is 1630. The van der Waals surface area contributed by atoms with Gasteiger partial charge in [-0.25, -0.2) is 4.72 Å². The summed E-state index contributed by atoms with van der Waals surface area (Å²) in [7, 11) is 0.662. The number of benzene rings is 2. The molecule has 45 heavy (non-hydrogen) atoms. The molecule has 2 heterocycles. The van der Waals surface area contributed by atoms with Gasteiger partial charge in [-0.2, -0.15) is 12.7 Å². The fourth-order valence-corrected chi connectivity index (χ4v) is 7.59. The van der Waals surface area contributed by atoms with Crippen molar-refractivity contribution >= 4 is 33.4 Å². The van der Waals surface area contributed by atoms with Gasteiger partial charge in [-0.05, 0) is 72.1 Å². The average Bonchev–Trinajstić information content (AvgIpc) is 3.31. The van der Waals surface area contributed by atoms with Gasteiger partial charge in [-0.3, -0.25) is 9.59 Å². The second kappa shape index (κ2) is 14.3. The summed E-state index contributed by atoms with van der Waals surface area (Å²) in [4.78, 5) is 25.5. The first-order valence-corrected chi connectivity index (χ1v) is 17.4. The fourth-order valence-electron chi connectivity index (χ4n) is 6.77. The number of aromatic nitrogens is 1. The van der Waals surface area contributed by atoms with Crippen LogP contribution in [0.3, 0.4) is 0 Å². The molecule has 2 amide bonds. The highest BCUT2D eigenvalue weighted by atomic mass is 32.2. The van der Waals surface area contributed by atoms with Crippen LogP contribution in [0, 0.1) is 5.92 Å². The number of ether oxygens (including phenoxy) is 2. The van der Waals surface area contributed by atoms with E-state index in [1.807, 2.05) is 18.2 Å². The van der Waals surface area contributed by atoms with E-state index in [2.05, 4.69) is 28.3 Å². The molecule has 5 rings (SSSR count). The number of hydrogen-bond acceptors (Lipinski definition) is 6. The van der Waals surface area contributed by atoms with E-state index in [9.17, 15) is 18.0 Å². The molecule has 10 nitrogen and oxygen atoms in total. The second-order valence-electron chi connectivity index (χ2n) is 12.6. The number of nitrogens with zero attached hydrogens (tertiary/aromatic N) is 3. The first kappa shape index (κ1) is 33.0. The van der Waals surface area contributed by atoms with E-state index in [0.717, 1.165) is 53.2 Å². The Morgan fingerprint density at radius 1 is 1.04 bits per heavy atom. The minimum absolute atomic E-state index is 0.0641. The number of hydrogen-bond donors (Lipinski definition) is 1. The molecule has 0 bridgehead atoms. The van der Waals surface area contributed by atoms with Crippen molar-refractivity contribution in [1.82, 2.24) is 18.5 Å². The van der Waals surface area contributed by atoms with E-state index in [0.29, 0.717) is 37.0 Å². The Balaban J connectivity index is 1.43. The number of amides is 2. The average molecular weight is 639 g/mol. The van der Waals surface area contributed by atoms with Crippen molar-refractivity contribution in [2.24, 2.45) is 5.92 Å². The van der Waals surface area contributed by atoms with Crippen LogP contribution < -0.4 is 9.46 Å². The van der Waals surface area contributed by atoms with Crippen LogP contribution in [0.25, 0.3) is 10.9 Å². The zero-order valence-electron chi connectivity index (χ0n) is 26.9. The van der Waals surface area contributed by atoms with Crippen LogP contribution in [0.5, 0.6) is 5.75 Å². The van der Waals surface area contributed by atoms with Crippen LogP contribution in [-0.2, 0) is 39.1 Å². The monoisotopic (exact) mass is 638 g/mol. The number of nitrogens with one attached hydrogen (secondary N) is 1. The number of fused-ring (bicyclic) bond motifs is 4. The zero-order chi connectivity index (χ0) is 32.1. The van der Waals surface area contributed by atoms with Crippen LogP contribution in [0.4, 0.5) is 0 Å². The number of rotatable bonds is 12. The summed E-state index contributed by atoms with van der Waals surface area (Å²) < 4.78 is 42.7. The third kappa shape index (κ3) is 7.53. The maximum atomic E-state index is 13.4. The summed E-state index contributed by atoms with van der Waals surface area (Å²) >= 11 is 0. The van der Waals surface area contributed by atoms with Crippen LogP contribution >= 0.6 is 0 Å². The van der Waals surface area contributed by atoms with Crippen LogP contribution in [0.1, 0.15) is 77.7 Å². The molecule has 1 aromatic heterocycles. The molecule has 0 saturated heterocycles. The maximum absolute atomic E-state index is 13.4. The quantitative estimate of drug-likeness (QED) is 0.231. The summed E-state index contributed by atoms with van der Waals surface area (Å²) in [5, 5.41) is 1.16. The molecule has 244 valence electrons. The molecule has 2 aliphatic rings. The van der Waals surface area contributed by atoms with E-state index in [4.69, 9.17) is 9.47 Å². The topological polar surface area (TPSA) is 110 Å². The van der Waals surface area contributed by atoms with Crippen molar-refractivity contribution in [2.75, 3.05) is 47.5 Å². The Hall–Kier alpha value is -3.41. The van der Waals surface area contributed by atoms with E-state index in [1.165, 1.54) is 53.6 Å². The normalized spacial score (nSPS) is 17.3. The Morgan fingerprint density at radius 3 is 2.53 bits per heavy atom. The molecular weight excluding hydrogens is 592 g/mol. The Kier molecular flexibility index (Phi) is 10.5. The minimum Gasteiger partial charge on any atom is -0.497 e. The highest BCUT2D eigenvalue weighted by molar-refractivity contribution is 7.87. The van der Waals surface area contributed by atoms with Crippen LogP contribution in [0.2, 0.25) is 0 Å². The molecule has 11 heteroatoms. The van der Waals surface area contributed by atoms with Gasteiger partial charge in [0.25, 0.3) is 5.91 Å². The summed E-state index contributed by atoms with van der Waals surface area (Å²) in [5.41, 5.74) is 6.61. The number of carbonyl (C=O) groups excluding carboxylic acids is 2. The van der Waals surface area contributed by atoms with Crippen molar-refractivity contribution < 1.29 is 27.5 Å². The molecule has 1 unspecified atom stereocenters. The van der Waals surface area contributed by atoms with Gasteiger partial charge in [0, 0.05) is 62.3 Å². The first-order chi connectivity index (χ1) is 21.6. The van der Waals surface area contributed by atoms with Crippen molar-refractivity contribution in [2.45, 2.75) is 64.3 Å². The van der Waals surface area contributed by atoms with E-state index in [1.54, 1.807) is 20.2 Å². The van der Waals surface area contributed by atoms with E-state index >= 15 is 0 Å². The molecule has 3 aromatic rings. The third-order valence-corrected chi connectivity index (χ3v) is 10.7. The molecule has 1 N–H and O–H groups in total. The van der Waals surface area contributed by atoms with Gasteiger partial charge in [0.1, 0.15) is 5.75 Å². The van der Waals surface area contributed by atoms with Gasteiger partial charge in [0.2, 0.25) is 6.41 Å². The number of methoxy groups -OCH3 is 1. The predicted molar refractivity (Wildman–Crippen MR) is 175 cm³/mol. The Labute approximate surface area is 266 Å². The van der Waals surface area contributed by atoms with Gasteiger partial charge in [0.05, 0.1) is 20.3 Å². The maximum Gasteiger partial charge on any atom is 0.303 e. The van der Waals surface area contributed by atoms with E-state index < -0.39 is 16.1 Å². The van der Waals surface area contributed by atoms with Crippen molar-refractivity contribution in [3.63, 3.8) is 0 Å². The van der Waals surface area contributed by atoms with Crippen molar-refractivity contribution in [3.8, 4) is 5.75 Å². The molecule has 2 aromatic carbocycles. The van der Waals surface area contributed by atoms with Gasteiger partial charge in [0.15, 0.2) is 0 Å². The SMILES string of the molecule is COc1ccc2c(c1)CC(C)Cn1c(c(C3CCCCC3)c3ccc(C(=O)NS(=O)(=O)N(C)CCOCCN(C)C=O)cc31)C2. The highest BCUT2D eigenvalue weighted by Crippen LogP contribution is 2.42. The first-order valence-electron chi connectivity index (χ1n) is 15.9. The largest absolute Gasteiger partial charge is 0.497 e. The Morgan fingerprint density at radius 2 is 1.80 bits per heavy atom. The molecular formula is C34H46N4O6S. The second-order valence-corrected chi connectivity index (χ2v) is 14.4. The molecule has 1 saturated carbocycles. The fraction of sp³-hybridized carbons (Fsp3) is 0.529. The number of carbonyl (C=O) groups is 2. The van der Waals surface area contributed by atoms with Crippen molar-refractivity contribution in [1.29, 1.82) is 0 Å². The van der Waals surface area contributed by atoms with Gasteiger partial charge in [-0.1, -0.05) is 38.3 Å². The molecule has 0 radical (unpaired) electrons. The summed E-state index contributed by atoms with van der Waals surface area (Å²) in [5.74, 6) is 1.02. The standard InChI is InChI=1S/C34H46N4O6S/c1-24-18-28-19-29(43-4)12-10-26(28)20-32-33(25-8-6-5-7-9-25)30-13-11-27(21-31(30)38(32)22-24)34(40)35-45(41,42)37(3)15-17-44-16-14-36(2)23-39/h10-13,19,21,23-25H,5-9,14-18,20,22H2,1-4H3,(H,35,40). The zero-order valence-corrected chi connectivity index (χ0v) is 27.7. The van der Waals surface area contributed by atoms with Gasteiger partial charge >= 0.3 is 10.2 Å². The van der Waals surface area contributed by atoms with Crippen LogP contribution in [0.15, 0.2) is 36.4 Å². The van der Waals surface area contributed by atoms with Gasteiger partial charge < -0.3 is 18.9 Å². The summed E-state index contributed by atoms with van der Waals surface area (Å²) in [6.45, 7) is 3.97.